The minimum Gasteiger partial charge on any atom is -0.0622 e. The van der Waals surface area contributed by atoms with Crippen molar-refractivity contribution in [1.82, 2.24) is 0 Å². The first kappa shape index (κ1) is 34.9. The fraction of sp³-hybridized carbons (Fsp3) is 0.0508. The minimum absolute atomic E-state index is 0.0606. The molecule has 0 radical (unpaired) electrons. The lowest BCUT2D eigenvalue weighted by Gasteiger charge is -2.23. The largest absolute Gasteiger partial charge is 0.0622 e. The van der Waals surface area contributed by atoms with Crippen LogP contribution >= 0.6 is 0 Å². The molecule has 0 aromatic heterocycles. The van der Waals surface area contributed by atoms with E-state index in [4.69, 9.17) is 0 Å². The summed E-state index contributed by atoms with van der Waals surface area (Å²) in [6.45, 7) is 4.73. The van der Waals surface area contributed by atoms with Gasteiger partial charge in [-0.25, -0.2) is 0 Å². The molecule has 1 aliphatic rings. The van der Waals surface area contributed by atoms with Crippen LogP contribution in [0.15, 0.2) is 218 Å². The summed E-state index contributed by atoms with van der Waals surface area (Å²) in [5, 5.41) is 5.10. The second-order valence-corrected chi connectivity index (χ2v) is 16.5. The van der Waals surface area contributed by atoms with E-state index >= 15 is 0 Å². The van der Waals surface area contributed by atoms with E-state index in [0.717, 1.165) is 0 Å². The van der Waals surface area contributed by atoms with Crippen molar-refractivity contribution in [2.24, 2.45) is 0 Å². The highest BCUT2D eigenvalue weighted by Crippen LogP contribution is 2.51. The number of hydrogen-bond donors (Lipinski definition) is 0. The van der Waals surface area contributed by atoms with Crippen molar-refractivity contribution in [3.63, 3.8) is 0 Å². The van der Waals surface area contributed by atoms with Gasteiger partial charge in [-0.2, -0.15) is 0 Å². The molecule has 11 rings (SSSR count). The van der Waals surface area contributed by atoms with Gasteiger partial charge in [0.1, 0.15) is 0 Å². The van der Waals surface area contributed by atoms with E-state index in [9.17, 15) is 0 Å². The average molecular weight is 751 g/mol. The van der Waals surface area contributed by atoms with Gasteiger partial charge in [-0.05, 0) is 135 Å². The van der Waals surface area contributed by atoms with Crippen molar-refractivity contribution < 1.29 is 0 Å². The molecule has 0 bridgehead atoms. The first-order valence-corrected chi connectivity index (χ1v) is 20.7. The quantitative estimate of drug-likeness (QED) is 0.149. The van der Waals surface area contributed by atoms with Gasteiger partial charge in [0.2, 0.25) is 0 Å². The fourth-order valence-corrected chi connectivity index (χ4v) is 9.68. The summed E-state index contributed by atoms with van der Waals surface area (Å²) in [5.74, 6) is 0. The van der Waals surface area contributed by atoms with Gasteiger partial charge in [-0.3, -0.25) is 0 Å². The Morgan fingerprint density at radius 3 is 1.07 bits per heavy atom. The highest BCUT2D eigenvalue weighted by Gasteiger charge is 2.35. The van der Waals surface area contributed by atoms with Crippen LogP contribution in [0.25, 0.3) is 99.4 Å². The smallest absolute Gasteiger partial charge is 0.0159 e. The van der Waals surface area contributed by atoms with Crippen LogP contribution in [0.1, 0.15) is 25.0 Å². The Kier molecular flexibility index (Phi) is 8.27. The molecular weight excluding hydrogens is 709 g/mol. The van der Waals surface area contributed by atoms with E-state index < -0.39 is 0 Å². The van der Waals surface area contributed by atoms with Crippen molar-refractivity contribution in [2.75, 3.05) is 0 Å². The third kappa shape index (κ3) is 5.91. The van der Waals surface area contributed by atoms with E-state index in [1.54, 1.807) is 0 Å². The molecule has 1 aliphatic carbocycles. The molecule has 0 N–H and O–H groups in total. The first-order valence-electron chi connectivity index (χ1n) is 20.7. The zero-order valence-electron chi connectivity index (χ0n) is 33.3. The third-order valence-electron chi connectivity index (χ3n) is 12.7. The number of benzene rings is 10. The number of hydrogen-bond acceptors (Lipinski definition) is 0. The molecule has 0 atom stereocenters. The van der Waals surface area contributed by atoms with Gasteiger partial charge in [0.25, 0.3) is 0 Å². The van der Waals surface area contributed by atoms with Crippen molar-refractivity contribution in [1.29, 1.82) is 0 Å². The molecule has 0 amide bonds. The van der Waals surface area contributed by atoms with E-state index in [-0.39, 0.29) is 5.41 Å². The lowest BCUT2D eigenvalue weighted by molar-refractivity contribution is 0.660. The van der Waals surface area contributed by atoms with Crippen molar-refractivity contribution in [2.45, 2.75) is 19.3 Å². The maximum atomic E-state index is 2.46. The van der Waals surface area contributed by atoms with Crippen LogP contribution in [-0.4, -0.2) is 0 Å². The molecular formula is C59H42. The van der Waals surface area contributed by atoms with E-state index in [1.165, 1.54) is 111 Å². The Bertz CT molecular complexity index is 3070. The normalized spacial score (nSPS) is 12.7. The molecule has 10 aromatic carbocycles. The van der Waals surface area contributed by atoms with Crippen LogP contribution in [0.5, 0.6) is 0 Å². The van der Waals surface area contributed by atoms with Crippen LogP contribution in [0.4, 0.5) is 0 Å². The molecule has 0 fully saturated rings. The standard InChI is InChI=1S/C59H42/c1-59(2)55-24-14-13-19-49(55)50-34-33-45(38-56(50)59)58-53-22-11-9-20-51(53)57(52-21-10-12-23-54(52)58)44-31-29-42(30-32-44)41-25-27-43(28-26-41)48-36-46(39-15-5-3-6-16-39)35-47(37-48)40-17-7-4-8-18-40/h3-38H,1-2H3. The Hall–Kier alpha value is -7.28. The maximum absolute atomic E-state index is 2.46. The second-order valence-electron chi connectivity index (χ2n) is 16.5. The van der Waals surface area contributed by atoms with E-state index in [1.807, 2.05) is 0 Å². The molecule has 0 saturated carbocycles. The van der Waals surface area contributed by atoms with Gasteiger partial charge < -0.3 is 0 Å². The van der Waals surface area contributed by atoms with Crippen LogP contribution in [0, 0.1) is 0 Å². The summed E-state index contributed by atoms with van der Waals surface area (Å²) in [5.41, 5.74) is 20.2. The minimum atomic E-state index is -0.0606. The Morgan fingerprint density at radius 2 is 0.576 bits per heavy atom. The Morgan fingerprint density at radius 1 is 0.237 bits per heavy atom. The number of rotatable bonds is 6. The zero-order chi connectivity index (χ0) is 39.5. The molecule has 0 heterocycles. The van der Waals surface area contributed by atoms with Crippen LogP contribution in [0.3, 0.4) is 0 Å². The molecule has 59 heavy (non-hydrogen) atoms. The van der Waals surface area contributed by atoms with Gasteiger partial charge in [0.05, 0.1) is 0 Å². The summed E-state index contributed by atoms with van der Waals surface area (Å²) in [7, 11) is 0. The molecule has 0 nitrogen and oxygen atoms in total. The van der Waals surface area contributed by atoms with Crippen LogP contribution in [-0.2, 0) is 5.41 Å². The molecule has 0 saturated heterocycles. The predicted octanol–water partition coefficient (Wildman–Crippen LogP) is 16.3. The van der Waals surface area contributed by atoms with Crippen LogP contribution in [0.2, 0.25) is 0 Å². The van der Waals surface area contributed by atoms with Gasteiger partial charge in [-0.1, -0.05) is 208 Å². The van der Waals surface area contributed by atoms with Crippen molar-refractivity contribution in [3.8, 4) is 77.9 Å². The first-order chi connectivity index (χ1) is 29.0. The summed E-state index contributed by atoms with van der Waals surface area (Å²) < 4.78 is 0. The van der Waals surface area contributed by atoms with Gasteiger partial charge in [0.15, 0.2) is 0 Å². The lowest BCUT2D eigenvalue weighted by atomic mass is 9.80. The SMILES string of the molecule is CC1(C)c2ccccc2-c2ccc(-c3c4ccccc4c(-c4ccc(-c5ccc(-c6cc(-c7ccccc7)cc(-c7ccccc7)c6)cc5)cc4)c4ccccc34)cc21. The Labute approximate surface area is 346 Å². The molecule has 278 valence electrons. The monoisotopic (exact) mass is 750 g/mol. The van der Waals surface area contributed by atoms with Gasteiger partial charge in [0, 0.05) is 5.41 Å². The molecule has 0 heteroatoms. The highest BCUT2D eigenvalue weighted by molar-refractivity contribution is 6.21. The maximum Gasteiger partial charge on any atom is 0.0159 e. The van der Waals surface area contributed by atoms with Crippen molar-refractivity contribution in [3.05, 3.63) is 230 Å². The van der Waals surface area contributed by atoms with Gasteiger partial charge in [-0.15, -0.1) is 0 Å². The molecule has 10 aromatic rings. The summed E-state index contributed by atoms with van der Waals surface area (Å²) >= 11 is 0. The molecule has 0 spiro atoms. The fourth-order valence-electron chi connectivity index (χ4n) is 9.68. The van der Waals surface area contributed by atoms with Gasteiger partial charge >= 0.3 is 0 Å². The van der Waals surface area contributed by atoms with E-state index in [0.29, 0.717) is 0 Å². The lowest BCUT2D eigenvalue weighted by Crippen LogP contribution is -2.14. The summed E-state index contributed by atoms with van der Waals surface area (Å²) in [6.07, 6.45) is 0. The topological polar surface area (TPSA) is 0 Å². The Balaban J connectivity index is 0.966. The zero-order valence-corrected chi connectivity index (χ0v) is 33.3. The summed E-state index contributed by atoms with van der Waals surface area (Å²) in [6, 6.07) is 80.5. The van der Waals surface area contributed by atoms with Crippen LogP contribution < -0.4 is 0 Å². The molecule has 0 aliphatic heterocycles. The second kappa shape index (κ2) is 14.0. The average Bonchev–Trinajstić information content (AvgIpc) is 3.53. The van der Waals surface area contributed by atoms with E-state index in [2.05, 4.69) is 232 Å². The third-order valence-corrected chi connectivity index (χ3v) is 12.7. The summed E-state index contributed by atoms with van der Waals surface area (Å²) in [4.78, 5) is 0. The molecule has 0 unspecified atom stereocenters. The highest BCUT2D eigenvalue weighted by atomic mass is 14.4. The van der Waals surface area contributed by atoms with Crippen molar-refractivity contribution >= 4 is 21.5 Å². The predicted molar refractivity (Wildman–Crippen MR) is 252 cm³/mol. The number of fused-ring (bicyclic) bond motifs is 5.